The molecule has 3 rings (SSSR count). The van der Waals surface area contributed by atoms with Gasteiger partial charge in [0.2, 0.25) is 5.91 Å². The minimum Gasteiger partial charge on any atom is -0.331 e. The predicted octanol–water partition coefficient (Wildman–Crippen LogP) is 2.64. The van der Waals surface area contributed by atoms with E-state index in [0.717, 1.165) is 6.07 Å². The van der Waals surface area contributed by atoms with Crippen LogP contribution in [0.4, 0.5) is 19.3 Å². The topological polar surface area (TPSA) is 43.9 Å². The summed E-state index contributed by atoms with van der Waals surface area (Å²) in [6, 6.07) is 2.07. The number of fused-ring (bicyclic) bond motifs is 1. The van der Waals surface area contributed by atoms with E-state index in [-0.39, 0.29) is 17.9 Å². The maximum atomic E-state index is 14.0. The van der Waals surface area contributed by atoms with Gasteiger partial charge in [-0.05, 0) is 31.7 Å². The first-order valence-electron chi connectivity index (χ1n) is 8.64. The van der Waals surface area contributed by atoms with Crippen LogP contribution in [0.5, 0.6) is 0 Å². The largest absolute Gasteiger partial charge is 0.331 e. The molecule has 1 aromatic rings. The van der Waals surface area contributed by atoms with Crippen molar-refractivity contribution in [2.45, 2.75) is 25.7 Å². The molecule has 0 aliphatic carbocycles. The number of carbonyl (C=O) groups is 2. The number of piperidine rings is 1. The molecular formula is C18H23F2N3O2. The van der Waals surface area contributed by atoms with Crippen LogP contribution in [-0.2, 0) is 11.2 Å². The number of amides is 3. The summed E-state index contributed by atoms with van der Waals surface area (Å²) >= 11 is 0. The smallest absolute Gasteiger partial charge is 0.319 e. The summed E-state index contributed by atoms with van der Waals surface area (Å²) < 4.78 is 27.6. The molecule has 0 atom stereocenters. The number of rotatable bonds is 1. The molecule has 2 heterocycles. The van der Waals surface area contributed by atoms with E-state index >= 15 is 0 Å². The first-order valence-corrected chi connectivity index (χ1v) is 8.64. The Morgan fingerprint density at radius 1 is 1.12 bits per heavy atom. The minimum atomic E-state index is -0.664. The number of likely N-dealkylation sites (tertiary alicyclic amines) is 1. The number of hydrogen-bond donors (Lipinski definition) is 0. The Balaban J connectivity index is 1.73. The molecule has 5 nitrogen and oxygen atoms in total. The average molecular weight is 351 g/mol. The molecule has 0 saturated carbocycles. The Kier molecular flexibility index (Phi) is 4.92. The quantitative estimate of drug-likeness (QED) is 0.781. The van der Waals surface area contributed by atoms with E-state index in [1.807, 2.05) is 0 Å². The van der Waals surface area contributed by atoms with Gasteiger partial charge in [-0.15, -0.1) is 0 Å². The van der Waals surface area contributed by atoms with Crippen LogP contribution < -0.4 is 4.90 Å². The van der Waals surface area contributed by atoms with E-state index in [1.54, 1.807) is 19.0 Å². The van der Waals surface area contributed by atoms with Gasteiger partial charge in [0.1, 0.15) is 11.6 Å². The van der Waals surface area contributed by atoms with Crippen LogP contribution in [0.15, 0.2) is 12.1 Å². The Labute approximate surface area is 146 Å². The zero-order valence-electron chi connectivity index (χ0n) is 14.6. The van der Waals surface area contributed by atoms with Gasteiger partial charge >= 0.3 is 6.03 Å². The highest BCUT2D eigenvalue weighted by atomic mass is 19.1. The second kappa shape index (κ2) is 6.98. The van der Waals surface area contributed by atoms with Crippen molar-refractivity contribution in [3.05, 3.63) is 29.3 Å². The highest BCUT2D eigenvalue weighted by Crippen LogP contribution is 2.33. The zero-order valence-corrected chi connectivity index (χ0v) is 14.6. The summed E-state index contributed by atoms with van der Waals surface area (Å²) in [6.07, 6.45) is 2.32. The Morgan fingerprint density at radius 3 is 2.44 bits per heavy atom. The first-order chi connectivity index (χ1) is 11.9. The molecule has 3 amide bonds. The maximum absolute atomic E-state index is 14.0. The van der Waals surface area contributed by atoms with E-state index in [1.165, 1.54) is 15.9 Å². The molecule has 1 aromatic carbocycles. The number of hydrogen-bond acceptors (Lipinski definition) is 2. The van der Waals surface area contributed by atoms with Gasteiger partial charge in [-0.25, -0.2) is 13.6 Å². The van der Waals surface area contributed by atoms with Crippen LogP contribution >= 0.6 is 0 Å². The van der Waals surface area contributed by atoms with Crippen LogP contribution in [0.3, 0.4) is 0 Å². The first kappa shape index (κ1) is 17.6. The van der Waals surface area contributed by atoms with E-state index < -0.39 is 11.6 Å². The summed E-state index contributed by atoms with van der Waals surface area (Å²) in [5.74, 6) is -1.56. The number of halogens is 2. The standard InChI is InChI=1S/C18H23F2N3O2/c1-21(2)18(25)22-8-5-12(6-9-22)17(24)23-7-3-4-14-15(20)10-13(19)11-16(14)23/h10-12H,3-9H2,1-2H3. The molecule has 0 unspecified atom stereocenters. The van der Waals surface area contributed by atoms with E-state index in [4.69, 9.17) is 0 Å². The molecule has 2 aliphatic heterocycles. The van der Waals surface area contributed by atoms with Crippen molar-refractivity contribution < 1.29 is 18.4 Å². The van der Waals surface area contributed by atoms with E-state index in [0.29, 0.717) is 56.6 Å². The highest BCUT2D eigenvalue weighted by molar-refractivity contribution is 5.96. The second-order valence-electron chi connectivity index (χ2n) is 6.92. The molecule has 7 heteroatoms. The molecule has 2 aliphatic rings. The van der Waals surface area contributed by atoms with Gasteiger partial charge in [-0.3, -0.25) is 4.79 Å². The Bertz CT molecular complexity index is 685. The molecule has 25 heavy (non-hydrogen) atoms. The molecule has 0 bridgehead atoms. The summed E-state index contributed by atoms with van der Waals surface area (Å²) in [5.41, 5.74) is 0.779. The van der Waals surface area contributed by atoms with Gasteiger partial charge in [0.25, 0.3) is 0 Å². The van der Waals surface area contributed by atoms with Crippen molar-refractivity contribution in [2.75, 3.05) is 38.6 Å². The van der Waals surface area contributed by atoms with Crippen molar-refractivity contribution in [2.24, 2.45) is 5.92 Å². The predicted molar refractivity (Wildman–Crippen MR) is 90.4 cm³/mol. The van der Waals surface area contributed by atoms with Crippen LogP contribution in [0.1, 0.15) is 24.8 Å². The lowest BCUT2D eigenvalue weighted by molar-refractivity contribution is -0.123. The highest BCUT2D eigenvalue weighted by Gasteiger charge is 2.33. The van der Waals surface area contributed by atoms with Crippen molar-refractivity contribution in [3.8, 4) is 0 Å². The number of nitrogens with zero attached hydrogens (tertiary/aromatic N) is 3. The van der Waals surface area contributed by atoms with Crippen LogP contribution in [0.2, 0.25) is 0 Å². The summed E-state index contributed by atoms with van der Waals surface area (Å²) in [7, 11) is 3.40. The number of carbonyl (C=O) groups excluding carboxylic acids is 2. The van der Waals surface area contributed by atoms with Gasteiger partial charge < -0.3 is 14.7 Å². The minimum absolute atomic E-state index is 0.0571. The molecule has 0 radical (unpaired) electrons. The van der Waals surface area contributed by atoms with Gasteiger partial charge in [-0.2, -0.15) is 0 Å². The fraction of sp³-hybridized carbons (Fsp3) is 0.556. The van der Waals surface area contributed by atoms with Crippen molar-refractivity contribution >= 4 is 17.6 Å². The molecular weight excluding hydrogens is 328 g/mol. The van der Waals surface area contributed by atoms with Gasteiger partial charge in [0, 0.05) is 51.3 Å². The number of urea groups is 1. The average Bonchev–Trinajstić information content (AvgIpc) is 2.60. The van der Waals surface area contributed by atoms with E-state index in [2.05, 4.69) is 0 Å². The van der Waals surface area contributed by atoms with Crippen LogP contribution in [-0.4, -0.2) is 55.5 Å². The Morgan fingerprint density at radius 2 is 1.80 bits per heavy atom. The SMILES string of the molecule is CN(C)C(=O)N1CCC(C(=O)N2CCCc3c(F)cc(F)cc32)CC1. The molecule has 1 saturated heterocycles. The normalized spacial score (nSPS) is 18.1. The van der Waals surface area contributed by atoms with Crippen molar-refractivity contribution in [1.82, 2.24) is 9.80 Å². The zero-order chi connectivity index (χ0) is 18.1. The lowest BCUT2D eigenvalue weighted by Gasteiger charge is -2.37. The maximum Gasteiger partial charge on any atom is 0.319 e. The number of benzene rings is 1. The second-order valence-corrected chi connectivity index (χ2v) is 6.92. The van der Waals surface area contributed by atoms with Crippen LogP contribution in [0.25, 0.3) is 0 Å². The monoisotopic (exact) mass is 351 g/mol. The number of anilines is 1. The third-order valence-corrected chi connectivity index (χ3v) is 5.00. The summed E-state index contributed by atoms with van der Waals surface area (Å²) in [6.45, 7) is 1.52. The lowest BCUT2D eigenvalue weighted by Crippen LogP contribution is -2.48. The van der Waals surface area contributed by atoms with Crippen molar-refractivity contribution in [1.29, 1.82) is 0 Å². The third-order valence-electron chi connectivity index (χ3n) is 5.00. The fourth-order valence-corrected chi connectivity index (χ4v) is 3.66. The Hall–Kier alpha value is -2.18. The third kappa shape index (κ3) is 3.45. The van der Waals surface area contributed by atoms with Crippen LogP contribution in [0, 0.1) is 17.6 Å². The fourth-order valence-electron chi connectivity index (χ4n) is 3.66. The van der Waals surface area contributed by atoms with Gasteiger partial charge in [-0.1, -0.05) is 0 Å². The van der Waals surface area contributed by atoms with E-state index in [9.17, 15) is 18.4 Å². The molecule has 0 aromatic heterocycles. The lowest BCUT2D eigenvalue weighted by atomic mass is 9.93. The summed E-state index contributed by atoms with van der Waals surface area (Å²) in [4.78, 5) is 29.7. The van der Waals surface area contributed by atoms with Gasteiger partial charge in [0.05, 0.1) is 5.69 Å². The molecule has 0 spiro atoms. The van der Waals surface area contributed by atoms with Crippen molar-refractivity contribution in [3.63, 3.8) is 0 Å². The van der Waals surface area contributed by atoms with Gasteiger partial charge in [0.15, 0.2) is 0 Å². The molecule has 0 N–H and O–H groups in total. The molecule has 136 valence electrons. The molecule has 1 fully saturated rings. The summed E-state index contributed by atoms with van der Waals surface area (Å²) in [5, 5.41) is 0.